The van der Waals surface area contributed by atoms with Crippen LogP contribution in [-0.2, 0) is 0 Å². The molecule has 0 aliphatic carbocycles. The van der Waals surface area contributed by atoms with Gasteiger partial charge in [0.25, 0.3) is 11.5 Å². The second-order valence-corrected chi connectivity index (χ2v) is 4.08. The van der Waals surface area contributed by atoms with Gasteiger partial charge in [0, 0.05) is 24.5 Å². The van der Waals surface area contributed by atoms with Crippen molar-refractivity contribution < 1.29 is 14.3 Å². The molecule has 0 atom stereocenters. The molecule has 6 heteroatoms. The molecule has 0 radical (unpaired) electrons. The Morgan fingerprint density at radius 3 is 2.55 bits per heavy atom. The summed E-state index contributed by atoms with van der Waals surface area (Å²) in [6.07, 6.45) is 1.38. The molecule has 0 bridgehead atoms. The highest BCUT2D eigenvalue weighted by molar-refractivity contribution is 5.93. The third-order valence-electron chi connectivity index (χ3n) is 2.68. The standard InChI is InChI=1S/C14H13FN2O3/c15-11-2-4-12(5-3-11)17-9-10(1-6-13(17)19)14(20)16-7-8-18/h1-6,9,18H,7-8H2,(H,16,20). The first kappa shape index (κ1) is 14.0. The van der Waals surface area contributed by atoms with Crippen LogP contribution in [0.15, 0.2) is 47.4 Å². The highest BCUT2D eigenvalue weighted by atomic mass is 19.1. The zero-order valence-corrected chi connectivity index (χ0v) is 10.5. The number of nitrogens with zero attached hydrogens (tertiary/aromatic N) is 1. The van der Waals surface area contributed by atoms with E-state index in [1.165, 1.54) is 47.2 Å². The van der Waals surface area contributed by atoms with E-state index in [1.54, 1.807) is 0 Å². The lowest BCUT2D eigenvalue weighted by atomic mass is 10.2. The zero-order chi connectivity index (χ0) is 14.5. The van der Waals surface area contributed by atoms with Crippen molar-refractivity contribution in [1.29, 1.82) is 0 Å². The first-order valence-corrected chi connectivity index (χ1v) is 5.99. The van der Waals surface area contributed by atoms with Crippen molar-refractivity contribution in [3.05, 3.63) is 64.3 Å². The molecule has 104 valence electrons. The molecule has 1 heterocycles. The fourth-order valence-corrected chi connectivity index (χ4v) is 1.70. The summed E-state index contributed by atoms with van der Waals surface area (Å²) >= 11 is 0. The third-order valence-corrected chi connectivity index (χ3v) is 2.68. The molecule has 1 amide bonds. The van der Waals surface area contributed by atoms with Gasteiger partial charge in [-0.2, -0.15) is 0 Å². The Bertz CT molecular complexity index is 665. The first-order chi connectivity index (χ1) is 9.61. The zero-order valence-electron chi connectivity index (χ0n) is 10.5. The van der Waals surface area contributed by atoms with Crippen LogP contribution < -0.4 is 10.9 Å². The van der Waals surface area contributed by atoms with Gasteiger partial charge in [0.2, 0.25) is 0 Å². The lowest BCUT2D eigenvalue weighted by Gasteiger charge is -2.08. The van der Waals surface area contributed by atoms with E-state index < -0.39 is 11.7 Å². The van der Waals surface area contributed by atoms with Crippen molar-refractivity contribution in [1.82, 2.24) is 9.88 Å². The number of amides is 1. The largest absolute Gasteiger partial charge is 0.395 e. The minimum absolute atomic E-state index is 0.133. The Morgan fingerprint density at radius 1 is 1.20 bits per heavy atom. The fraction of sp³-hybridized carbons (Fsp3) is 0.143. The van der Waals surface area contributed by atoms with Crippen LogP contribution in [0.25, 0.3) is 5.69 Å². The van der Waals surface area contributed by atoms with Crippen molar-refractivity contribution in [3.63, 3.8) is 0 Å². The van der Waals surface area contributed by atoms with Crippen LogP contribution in [0.2, 0.25) is 0 Å². The molecule has 1 aromatic carbocycles. The van der Waals surface area contributed by atoms with Gasteiger partial charge >= 0.3 is 0 Å². The Kier molecular flexibility index (Phi) is 4.27. The van der Waals surface area contributed by atoms with Crippen LogP contribution in [0, 0.1) is 5.82 Å². The van der Waals surface area contributed by atoms with Crippen molar-refractivity contribution in [2.24, 2.45) is 0 Å². The third kappa shape index (κ3) is 3.10. The van der Waals surface area contributed by atoms with Gasteiger partial charge < -0.3 is 10.4 Å². The predicted octanol–water partition coefficient (Wildman–Crippen LogP) is 0.699. The van der Waals surface area contributed by atoms with Gasteiger partial charge in [0.05, 0.1) is 12.2 Å². The van der Waals surface area contributed by atoms with Crippen LogP contribution in [-0.4, -0.2) is 28.7 Å². The highest BCUT2D eigenvalue weighted by Gasteiger charge is 2.08. The lowest BCUT2D eigenvalue weighted by Crippen LogP contribution is -2.28. The van der Waals surface area contributed by atoms with E-state index in [9.17, 15) is 14.0 Å². The van der Waals surface area contributed by atoms with E-state index in [0.29, 0.717) is 5.69 Å². The average Bonchev–Trinajstić information content (AvgIpc) is 2.46. The van der Waals surface area contributed by atoms with Crippen molar-refractivity contribution in [2.45, 2.75) is 0 Å². The molecule has 1 aromatic heterocycles. The molecule has 0 saturated heterocycles. The van der Waals surface area contributed by atoms with Gasteiger partial charge in [0.1, 0.15) is 5.82 Å². The maximum atomic E-state index is 12.9. The van der Waals surface area contributed by atoms with Crippen molar-refractivity contribution in [3.8, 4) is 5.69 Å². The normalized spacial score (nSPS) is 10.3. The molecular formula is C14H13FN2O3. The molecular weight excluding hydrogens is 263 g/mol. The summed E-state index contributed by atoms with van der Waals surface area (Å²) in [7, 11) is 0. The molecule has 5 nitrogen and oxygen atoms in total. The highest BCUT2D eigenvalue weighted by Crippen LogP contribution is 2.08. The second-order valence-electron chi connectivity index (χ2n) is 4.08. The smallest absolute Gasteiger partial charge is 0.255 e. The molecule has 0 fully saturated rings. The quantitative estimate of drug-likeness (QED) is 0.863. The number of aliphatic hydroxyl groups is 1. The van der Waals surface area contributed by atoms with Gasteiger partial charge in [-0.1, -0.05) is 0 Å². The summed E-state index contributed by atoms with van der Waals surface area (Å²) in [6.45, 7) is -0.0299. The Morgan fingerprint density at radius 2 is 1.90 bits per heavy atom. The summed E-state index contributed by atoms with van der Waals surface area (Å²) in [5.74, 6) is -0.798. The summed E-state index contributed by atoms with van der Waals surface area (Å²) in [5, 5.41) is 11.2. The summed E-state index contributed by atoms with van der Waals surface area (Å²) in [6, 6.07) is 8.03. The van der Waals surface area contributed by atoms with Gasteiger partial charge in [0.15, 0.2) is 0 Å². The number of hydrogen-bond acceptors (Lipinski definition) is 3. The lowest BCUT2D eigenvalue weighted by molar-refractivity contribution is 0.0944. The second kappa shape index (κ2) is 6.12. The van der Waals surface area contributed by atoms with E-state index in [-0.39, 0.29) is 24.3 Å². The number of carbonyl (C=O) groups excluding carboxylic acids is 1. The first-order valence-electron chi connectivity index (χ1n) is 5.99. The van der Waals surface area contributed by atoms with Gasteiger partial charge in [-0.15, -0.1) is 0 Å². The number of nitrogens with one attached hydrogen (secondary N) is 1. The molecule has 0 aliphatic heterocycles. The summed E-state index contributed by atoms with van der Waals surface area (Å²) in [5.41, 5.74) is 0.422. The van der Waals surface area contributed by atoms with Crippen LogP contribution in [0.5, 0.6) is 0 Å². The molecule has 2 N–H and O–H groups in total. The molecule has 2 aromatic rings. The summed E-state index contributed by atoms with van der Waals surface area (Å²) < 4.78 is 14.1. The topological polar surface area (TPSA) is 71.3 Å². The van der Waals surface area contributed by atoms with Crippen LogP contribution >= 0.6 is 0 Å². The number of aromatic nitrogens is 1. The Balaban J connectivity index is 2.36. The SMILES string of the molecule is O=C(NCCO)c1ccc(=O)n(-c2ccc(F)cc2)c1. The maximum absolute atomic E-state index is 12.9. The minimum atomic E-state index is -0.404. The minimum Gasteiger partial charge on any atom is -0.395 e. The number of carbonyl (C=O) groups is 1. The molecule has 0 spiro atoms. The molecule has 20 heavy (non-hydrogen) atoms. The molecule has 0 unspecified atom stereocenters. The van der Waals surface area contributed by atoms with Gasteiger partial charge in [-0.05, 0) is 30.3 Å². The maximum Gasteiger partial charge on any atom is 0.255 e. The van der Waals surface area contributed by atoms with E-state index in [0.717, 1.165) is 0 Å². The van der Waals surface area contributed by atoms with Gasteiger partial charge in [-0.3, -0.25) is 14.2 Å². The van der Waals surface area contributed by atoms with Crippen LogP contribution in [0.3, 0.4) is 0 Å². The monoisotopic (exact) mass is 276 g/mol. The number of pyridine rings is 1. The van der Waals surface area contributed by atoms with Crippen LogP contribution in [0.1, 0.15) is 10.4 Å². The number of halogens is 1. The van der Waals surface area contributed by atoms with E-state index in [1.807, 2.05) is 0 Å². The molecule has 0 saturated carbocycles. The Hall–Kier alpha value is -2.47. The van der Waals surface area contributed by atoms with E-state index in [4.69, 9.17) is 5.11 Å². The number of rotatable bonds is 4. The van der Waals surface area contributed by atoms with E-state index in [2.05, 4.69) is 5.32 Å². The number of hydrogen-bond donors (Lipinski definition) is 2. The average molecular weight is 276 g/mol. The Labute approximate surface area is 114 Å². The number of aliphatic hydroxyl groups excluding tert-OH is 1. The van der Waals surface area contributed by atoms with Crippen molar-refractivity contribution in [2.75, 3.05) is 13.2 Å². The fourth-order valence-electron chi connectivity index (χ4n) is 1.70. The van der Waals surface area contributed by atoms with Crippen molar-refractivity contribution >= 4 is 5.91 Å². The van der Waals surface area contributed by atoms with E-state index >= 15 is 0 Å². The van der Waals surface area contributed by atoms with Crippen LogP contribution in [0.4, 0.5) is 4.39 Å². The van der Waals surface area contributed by atoms with Gasteiger partial charge in [-0.25, -0.2) is 4.39 Å². The molecule has 0 aliphatic rings. The summed E-state index contributed by atoms with van der Waals surface area (Å²) in [4.78, 5) is 23.5. The molecule has 2 rings (SSSR count). The number of benzene rings is 1. The predicted molar refractivity (Wildman–Crippen MR) is 71.4 cm³/mol.